The molecular formula is C15H27NO2. The molecule has 3 heteroatoms. The minimum absolute atomic E-state index is 0.0520. The van der Waals surface area contributed by atoms with E-state index < -0.39 is 5.54 Å². The molecule has 1 N–H and O–H groups in total. The van der Waals surface area contributed by atoms with Gasteiger partial charge in [-0.25, -0.2) is 0 Å². The van der Waals surface area contributed by atoms with Crippen LogP contribution in [-0.4, -0.2) is 25.2 Å². The van der Waals surface area contributed by atoms with E-state index >= 15 is 0 Å². The Morgan fingerprint density at radius 1 is 1.11 bits per heavy atom. The molecule has 2 saturated carbocycles. The summed E-state index contributed by atoms with van der Waals surface area (Å²) in [5.41, 5.74) is 0.171. The summed E-state index contributed by atoms with van der Waals surface area (Å²) in [6, 6.07) is 0. The number of carbonyl (C=O) groups is 1. The first-order valence-electron chi connectivity index (χ1n) is 7.50. The van der Waals surface area contributed by atoms with Crippen LogP contribution in [0.3, 0.4) is 0 Å². The molecule has 0 atom stereocenters. The second kappa shape index (κ2) is 5.60. The maximum Gasteiger partial charge on any atom is 0.326 e. The predicted octanol–water partition coefficient (Wildman–Crippen LogP) is 3.03. The Bertz CT molecular complexity index is 285. The van der Waals surface area contributed by atoms with Crippen LogP contribution >= 0.6 is 0 Å². The van der Waals surface area contributed by atoms with Gasteiger partial charge in [0.2, 0.25) is 0 Å². The average Bonchev–Trinajstić information content (AvgIpc) is 2.86. The molecule has 0 amide bonds. The first kappa shape index (κ1) is 13.9. The molecule has 1 spiro atoms. The predicted molar refractivity (Wildman–Crippen MR) is 72.4 cm³/mol. The van der Waals surface area contributed by atoms with Gasteiger partial charge in [-0.2, -0.15) is 0 Å². The number of hydrogen-bond acceptors (Lipinski definition) is 3. The SMILES string of the molecule is CCCNC1(C(=O)OC)CCC2(CCCC2)CC1. The highest BCUT2D eigenvalue weighted by atomic mass is 16.5. The van der Waals surface area contributed by atoms with E-state index in [1.54, 1.807) is 0 Å². The molecule has 0 heterocycles. The Kier molecular flexibility index (Phi) is 4.31. The summed E-state index contributed by atoms with van der Waals surface area (Å²) >= 11 is 0. The standard InChI is InChI=1S/C15H27NO2/c1-3-12-16-15(13(17)18-2)10-8-14(9-11-15)6-4-5-7-14/h16H,3-12H2,1-2H3. The van der Waals surface area contributed by atoms with Gasteiger partial charge in [-0.15, -0.1) is 0 Å². The monoisotopic (exact) mass is 253 g/mol. The second-order valence-corrected chi connectivity index (χ2v) is 6.21. The minimum atomic E-state index is -0.390. The Balaban J connectivity index is 2.02. The number of ether oxygens (including phenoxy) is 1. The molecule has 0 aromatic heterocycles. The van der Waals surface area contributed by atoms with E-state index in [9.17, 15) is 4.79 Å². The third-order valence-corrected chi connectivity index (χ3v) is 5.12. The molecular weight excluding hydrogens is 226 g/mol. The number of methoxy groups -OCH3 is 1. The topological polar surface area (TPSA) is 38.3 Å². The zero-order valence-corrected chi connectivity index (χ0v) is 11.9. The molecule has 0 bridgehead atoms. The fourth-order valence-electron chi connectivity index (χ4n) is 3.84. The van der Waals surface area contributed by atoms with Crippen LogP contribution in [0.15, 0.2) is 0 Å². The lowest BCUT2D eigenvalue weighted by atomic mass is 9.66. The third-order valence-electron chi connectivity index (χ3n) is 5.12. The van der Waals surface area contributed by atoms with E-state index in [4.69, 9.17) is 4.74 Å². The Hall–Kier alpha value is -0.570. The molecule has 0 aromatic carbocycles. The van der Waals surface area contributed by atoms with E-state index in [-0.39, 0.29) is 5.97 Å². The van der Waals surface area contributed by atoms with E-state index in [0.29, 0.717) is 5.41 Å². The van der Waals surface area contributed by atoms with Gasteiger partial charge in [0, 0.05) is 0 Å². The smallest absolute Gasteiger partial charge is 0.326 e. The highest BCUT2D eigenvalue weighted by Gasteiger charge is 2.48. The summed E-state index contributed by atoms with van der Waals surface area (Å²) in [5, 5.41) is 3.47. The van der Waals surface area contributed by atoms with Gasteiger partial charge in [0.05, 0.1) is 7.11 Å². The summed E-state index contributed by atoms with van der Waals surface area (Å²) in [6.07, 6.45) is 10.9. The number of rotatable bonds is 4. The van der Waals surface area contributed by atoms with Crippen LogP contribution in [-0.2, 0) is 9.53 Å². The fourth-order valence-corrected chi connectivity index (χ4v) is 3.84. The molecule has 0 radical (unpaired) electrons. The molecule has 0 aromatic rings. The highest BCUT2D eigenvalue weighted by Crippen LogP contribution is 2.51. The van der Waals surface area contributed by atoms with Crippen LogP contribution in [0.2, 0.25) is 0 Å². The van der Waals surface area contributed by atoms with E-state index in [1.165, 1.54) is 45.6 Å². The Labute approximate surface area is 111 Å². The lowest BCUT2D eigenvalue weighted by molar-refractivity contribution is -0.151. The zero-order valence-electron chi connectivity index (χ0n) is 11.9. The second-order valence-electron chi connectivity index (χ2n) is 6.21. The number of esters is 1. The number of nitrogens with one attached hydrogen (secondary N) is 1. The summed E-state index contributed by atoms with van der Waals surface area (Å²) in [7, 11) is 1.51. The molecule has 0 aliphatic heterocycles. The van der Waals surface area contributed by atoms with Crippen molar-refractivity contribution in [1.29, 1.82) is 0 Å². The van der Waals surface area contributed by atoms with Gasteiger partial charge in [-0.3, -0.25) is 4.79 Å². The van der Waals surface area contributed by atoms with E-state index in [1.807, 2.05) is 0 Å². The molecule has 18 heavy (non-hydrogen) atoms. The lowest BCUT2D eigenvalue weighted by Crippen LogP contribution is -2.56. The maximum absolute atomic E-state index is 12.1. The van der Waals surface area contributed by atoms with E-state index in [0.717, 1.165) is 25.8 Å². The molecule has 3 nitrogen and oxygen atoms in total. The highest BCUT2D eigenvalue weighted by molar-refractivity contribution is 5.81. The fraction of sp³-hybridized carbons (Fsp3) is 0.933. The minimum Gasteiger partial charge on any atom is -0.468 e. The van der Waals surface area contributed by atoms with Crippen molar-refractivity contribution in [3.63, 3.8) is 0 Å². The van der Waals surface area contributed by atoms with Crippen LogP contribution in [0.25, 0.3) is 0 Å². The lowest BCUT2D eigenvalue weighted by Gasteiger charge is -2.43. The summed E-state index contributed by atoms with van der Waals surface area (Å²) in [5.74, 6) is -0.0520. The van der Waals surface area contributed by atoms with Crippen molar-refractivity contribution >= 4 is 5.97 Å². The van der Waals surface area contributed by atoms with Crippen LogP contribution in [0.1, 0.15) is 64.7 Å². The van der Waals surface area contributed by atoms with Crippen molar-refractivity contribution in [1.82, 2.24) is 5.32 Å². The number of carbonyl (C=O) groups excluding carboxylic acids is 1. The van der Waals surface area contributed by atoms with Crippen molar-refractivity contribution in [2.75, 3.05) is 13.7 Å². The van der Waals surface area contributed by atoms with Crippen molar-refractivity contribution in [3.05, 3.63) is 0 Å². The summed E-state index contributed by atoms with van der Waals surface area (Å²) in [6.45, 7) is 3.04. The number of hydrogen-bond donors (Lipinski definition) is 1. The molecule has 2 rings (SSSR count). The van der Waals surface area contributed by atoms with Crippen molar-refractivity contribution in [2.24, 2.45) is 5.41 Å². The first-order chi connectivity index (χ1) is 8.66. The van der Waals surface area contributed by atoms with Gasteiger partial charge in [0.25, 0.3) is 0 Å². The first-order valence-corrected chi connectivity index (χ1v) is 7.50. The van der Waals surface area contributed by atoms with Crippen LogP contribution in [0.4, 0.5) is 0 Å². The van der Waals surface area contributed by atoms with Gasteiger partial charge in [0.1, 0.15) is 5.54 Å². The quantitative estimate of drug-likeness (QED) is 0.783. The molecule has 2 aliphatic carbocycles. The largest absolute Gasteiger partial charge is 0.468 e. The van der Waals surface area contributed by atoms with Gasteiger partial charge >= 0.3 is 5.97 Å². The van der Waals surface area contributed by atoms with Crippen molar-refractivity contribution in [2.45, 2.75) is 70.3 Å². The molecule has 2 aliphatic rings. The summed E-state index contributed by atoms with van der Waals surface area (Å²) in [4.78, 5) is 12.1. The van der Waals surface area contributed by atoms with Gasteiger partial charge in [0.15, 0.2) is 0 Å². The normalized spacial score (nSPS) is 25.2. The van der Waals surface area contributed by atoms with Crippen LogP contribution < -0.4 is 5.32 Å². The molecule has 104 valence electrons. The average molecular weight is 253 g/mol. The van der Waals surface area contributed by atoms with E-state index in [2.05, 4.69) is 12.2 Å². The van der Waals surface area contributed by atoms with Gasteiger partial charge < -0.3 is 10.1 Å². The van der Waals surface area contributed by atoms with Gasteiger partial charge in [-0.1, -0.05) is 19.8 Å². The zero-order chi connectivity index (χ0) is 13.1. The maximum atomic E-state index is 12.1. The van der Waals surface area contributed by atoms with Crippen LogP contribution in [0.5, 0.6) is 0 Å². The third kappa shape index (κ3) is 2.56. The molecule has 0 saturated heterocycles. The molecule has 2 fully saturated rings. The van der Waals surface area contributed by atoms with Crippen LogP contribution in [0, 0.1) is 5.41 Å². The van der Waals surface area contributed by atoms with Crippen molar-refractivity contribution in [3.8, 4) is 0 Å². The van der Waals surface area contributed by atoms with Gasteiger partial charge in [-0.05, 0) is 56.9 Å². The van der Waals surface area contributed by atoms with Crippen molar-refractivity contribution < 1.29 is 9.53 Å². The Morgan fingerprint density at radius 3 is 2.22 bits per heavy atom. The summed E-state index contributed by atoms with van der Waals surface area (Å²) < 4.78 is 5.04. The Morgan fingerprint density at radius 2 is 1.72 bits per heavy atom. The molecule has 0 unspecified atom stereocenters.